The van der Waals surface area contributed by atoms with Crippen LogP contribution in [0.3, 0.4) is 0 Å². The van der Waals surface area contributed by atoms with Gasteiger partial charge in [0.1, 0.15) is 5.75 Å². The Labute approximate surface area is 153 Å². The SMILES string of the molecule is Cc1cccc(N2C[C@H](C(=O)N(C)Cc3ccccc3O)CC2=O)c1C. The van der Waals surface area contributed by atoms with Crippen molar-refractivity contribution >= 4 is 17.5 Å². The minimum Gasteiger partial charge on any atom is -0.508 e. The molecule has 0 spiro atoms. The van der Waals surface area contributed by atoms with Gasteiger partial charge in [-0.1, -0.05) is 30.3 Å². The van der Waals surface area contributed by atoms with E-state index < -0.39 is 0 Å². The number of benzene rings is 2. The van der Waals surface area contributed by atoms with Gasteiger partial charge in [0.25, 0.3) is 0 Å². The molecule has 1 aliphatic rings. The minimum absolute atomic E-state index is 0.0204. The second kappa shape index (κ2) is 7.20. The molecule has 2 aromatic carbocycles. The van der Waals surface area contributed by atoms with Gasteiger partial charge < -0.3 is 14.9 Å². The van der Waals surface area contributed by atoms with Gasteiger partial charge in [-0.05, 0) is 37.1 Å². The first kappa shape index (κ1) is 18.0. The molecule has 1 N–H and O–H groups in total. The number of amides is 2. The summed E-state index contributed by atoms with van der Waals surface area (Å²) < 4.78 is 0. The van der Waals surface area contributed by atoms with Gasteiger partial charge in [0.05, 0.1) is 5.92 Å². The molecule has 0 unspecified atom stereocenters. The maximum atomic E-state index is 12.8. The Morgan fingerprint density at radius 1 is 1.19 bits per heavy atom. The molecule has 1 aliphatic heterocycles. The summed E-state index contributed by atoms with van der Waals surface area (Å²) in [6, 6.07) is 12.9. The number of aromatic hydroxyl groups is 1. The normalized spacial score (nSPS) is 16.8. The molecule has 2 amide bonds. The molecule has 0 saturated carbocycles. The molecule has 2 aromatic rings. The van der Waals surface area contributed by atoms with E-state index in [1.54, 1.807) is 35.0 Å². The summed E-state index contributed by atoms with van der Waals surface area (Å²) in [6.45, 7) is 4.73. The van der Waals surface area contributed by atoms with Crippen molar-refractivity contribution in [2.45, 2.75) is 26.8 Å². The quantitative estimate of drug-likeness (QED) is 0.920. The van der Waals surface area contributed by atoms with E-state index in [-0.39, 0.29) is 29.9 Å². The highest BCUT2D eigenvalue weighted by molar-refractivity contribution is 6.00. The number of para-hydroxylation sites is 1. The Morgan fingerprint density at radius 2 is 1.92 bits per heavy atom. The highest BCUT2D eigenvalue weighted by Crippen LogP contribution is 2.30. The second-order valence-corrected chi connectivity index (χ2v) is 6.95. The number of hydrogen-bond acceptors (Lipinski definition) is 3. The molecule has 1 fully saturated rings. The van der Waals surface area contributed by atoms with Crippen LogP contribution < -0.4 is 4.90 Å². The Balaban J connectivity index is 1.72. The van der Waals surface area contributed by atoms with Crippen LogP contribution in [0.5, 0.6) is 5.75 Å². The zero-order chi connectivity index (χ0) is 18.8. The number of carbonyl (C=O) groups is 2. The van der Waals surface area contributed by atoms with Crippen molar-refractivity contribution in [3.05, 3.63) is 59.2 Å². The van der Waals surface area contributed by atoms with Crippen molar-refractivity contribution in [2.75, 3.05) is 18.5 Å². The molecule has 1 heterocycles. The summed E-state index contributed by atoms with van der Waals surface area (Å²) in [4.78, 5) is 28.6. The third kappa shape index (κ3) is 3.43. The van der Waals surface area contributed by atoms with Crippen LogP contribution in [-0.4, -0.2) is 35.4 Å². The summed E-state index contributed by atoms with van der Waals surface area (Å²) >= 11 is 0. The lowest BCUT2D eigenvalue weighted by atomic mass is 10.1. The lowest BCUT2D eigenvalue weighted by Gasteiger charge is -2.23. The Morgan fingerprint density at radius 3 is 2.65 bits per heavy atom. The Bertz CT molecular complexity index is 847. The van der Waals surface area contributed by atoms with Gasteiger partial charge in [-0.2, -0.15) is 0 Å². The van der Waals surface area contributed by atoms with Crippen LogP contribution in [-0.2, 0) is 16.1 Å². The number of phenolic OH excluding ortho intramolecular Hbond substituents is 1. The maximum absolute atomic E-state index is 12.8. The summed E-state index contributed by atoms with van der Waals surface area (Å²) in [5.41, 5.74) is 3.77. The van der Waals surface area contributed by atoms with E-state index in [0.29, 0.717) is 18.7 Å². The van der Waals surface area contributed by atoms with Crippen LogP contribution >= 0.6 is 0 Å². The van der Waals surface area contributed by atoms with Crippen LogP contribution in [0.1, 0.15) is 23.1 Å². The van der Waals surface area contributed by atoms with E-state index in [0.717, 1.165) is 16.8 Å². The lowest BCUT2D eigenvalue weighted by Crippen LogP contribution is -2.34. The molecule has 0 bridgehead atoms. The highest BCUT2D eigenvalue weighted by atomic mass is 16.3. The smallest absolute Gasteiger partial charge is 0.228 e. The van der Waals surface area contributed by atoms with Crippen LogP contribution in [0.4, 0.5) is 5.69 Å². The molecule has 5 nitrogen and oxygen atoms in total. The second-order valence-electron chi connectivity index (χ2n) is 6.95. The third-order valence-corrected chi connectivity index (χ3v) is 5.12. The number of phenols is 1. The molecular weight excluding hydrogens is 328 g/mol. The van der Waals surface area contributed by atoms with E-state index in [1.165, 1.54) is 0 Å². The van der Waals surface area contributed by atoms with Crippen LogP contribution in [0.15, 0.2) is 42.5 Å². The van der Waals surface area contributed by atoms with Gasteiger partial charge in [-0.25, -0.2) is 0 Å². The van der Waals surface area contributed by atoms with E-state index in [4.69, 9.17) is 0 Å². The maximum Gasteiger partial charge on any atom is 0.228 e. The summed E-state index contributed by atoms with van der Waals surface area (Å²) in [5, 5.41) is 9.90. The van der Waals surface area contributed by atoms with E-state index >= 15 is 0 Å². The van der Waals surface area contributed by atoms with Gasteiger partial charge in [-0.15, -0.1) is 0 Å². The topological polar surface area (TPSA) is 60.9 Å². The molecular formula is C21H24N2O3. The number of nitrogens with zero attached hydrogens (tertiary/aromatic N) is 2. The minimum atomic E-state index is -0.363. The number of rotatable bonds is 4. The fourth-order valence-corrected chi connectivity index (χ4v) is 3.42. The number of hydrogen-bond donors (Lipinski definition) is 1. The third-order valence-electron chi connectivity index (χ3n) is 5.12. The van der Waals surface area contributed by atoms with Crippen molar-refractivity contribution in [3.63, 3.8) is 0 Å². The first-order chi connectivity index (χ1) is 12.4. The predicted octanol–water partition coefficient (Wildman–Crippen LogP) is 3.02. The van der Waals surface area contributed by atoms with Gasteiger partial charge >= 0.3 is 0 Å². The van der Waals surface area contributed by atoms with Crippen LogP contribution in [0.2, 0.25) is 0 Å². The highest BCUT2D eigenvalue weighted by Gasteiger charge is 2.37. The first-order valence-corrected chi connectivity index (χ1v) is 8.77. The van der Waals surface area contributed by atoms with E-state index in [2.05, 4.69) is 0 Å². The van der Waals surface area contributed by atoms with Crippen LogP contribution in [0.25, 0.3) is 0 Å². The molecule has 0 aromatic heterocycles. The number of carbonyl (C=O) groups excluding carboxylic acids is 2. The number of anilines is 1. The first-order valence-electron chi connectivity index (χ1n) is 8.77. The molecule has 0 radical (unpaired) electrons. The molecule has 136 valence electrons. The van der Waals surface area contributed by atoms with Crippen molar-refractivity contribution < 1.29 is 14.7 Å². The van der Waals surface area contributed by atoms with E-state index in [1.807, 2.05) is 38.1 Å². The van der Waals surface area contributed by atoms with Crippen molar-refractivity contribution in [2.24, 2.45) is 5.92 Å². The molecule has 1 saturated heterocycles. The van der Waals surface area contributed by atoms with Crippen molar-refractivity contribution in [1.82, 2.24) is 4.90 Å². The molecule has 0 aliphatic carbocycles. The zero-order valence-corrected chi connectivity index (χ0v) is 15.4. The number of aryl methyl sites for hydroxylation is 1. The summed E-state index contributed by atoms with van der Waals surface area (Å²) in [7, 11) is 1.71. The van der Waals surface area contributed by atoms with E-state index in [9.17, 15) is 14.7 Å². The summed E-state index contributed by atoms with van der Waals surface area (Å²) in [5.74, 6) is -0.285. The van der Waals surface area contributed by atoms with Crippen molar-refractivity contribution in [1.29, 1.82) is 0 Å². The Hall–Kier alpha value is -2.82. The standard InChI is InChI=1S/C21H24N2O3/c1-14-7-6-9-18(15(14)2)23-13-17(11-20(23)25)21(26)22(3)12-16-8-4-5-10-19(16)24/h4-10,17,24H,11-13H2,1-3H3/t17-/m1/s1. The predicted molar refractivity (Wildman–Crippen MR) is 101 cm³/mol. The van der Waals surface area contributed by atoms with Gasteiger partial charge in [0.2, 0.25) is 11.8 Å². The molecule has 3 rings (SSSR count). The largest absolute Gasteiger partial charge is 0.508 e. The lowest BCUT2D eigenvalue weighted by molar-refractivity contribution is -0.135. The monoisotopic (exact) mass is 352 g/mol. The molecule has 5 heteroatoms. The average molecular weight is 352 g/mol. The van der Waals surface area contributed by atoms with Gasteiger partial charge in [0, 0.05) is 37.8 Å². The van der Waals surface area contributed by atoms with Crippen LogP contribution in [0, 0.1) is 19.8 Å². The van der Waals surface area contributed by atoms with Crippen molar-refractivity contribution in [3.8, 4) is 5.75 Å². The fourth-order valence-electron chi connectivity index (χ4n) is 3.42. The molecule has 26 heavy (non-hydrogen) atoms. The van der Waals surface area contributed by atoms with Gasteiger partial charge in [-0.3, -0.25) is 9.59 Å². The fraction of sp³-hybridized carbons (Fsp3) is 0.333. The Kier molecular flexibility index (Phi) is 4.98. The summed E-state index contributed by atoms with van der Waals surface area (Å²) in [6.07, 6.45) is 0.220. The van der Waals surface area contributed by atoms with Gasteiger partial charge in [0.15, 0.2) is 0 Å². The zero-order valence-electron chi connectivity index (χ0n) is 15.4. The molecule has 1 atom stereocenters. The average Bonchev–Trinajstić information content (AvgIpc) is 3.00.